The molecule has 17 heavy (non-hydrogen) atoms. The zero-order valence-electron chi connectivity index (χ0n) is 9.08. The third-order valence-electron chi connectivity index (χ3n) is 2.27. The molecule has 0 aliphatic heterocycles. The lowest BCUT2D eigenvalue weighted by molar-refractivity contribution is 0.929. The van der Waals surface area contributed by atoms with Gasteiger partial charge in [0.15, 0.2) is 0 Å². The third kappa shape index (κ3) is 3.28. The summed E-state index contributed by atoms with van der Waals surface area (Å²) in [5.74, 6) is 0. The molecule has 2 aromatic rings. The van der Waals surface area contributed by atoms with Gasteiger partial charge in [-0.3, -0.25) is 4.98 Å². The first-order valence-corrected chi connectivity index (χ1v) is 6.85. The van der Waals surface area contributed by atoms with Crippen LogP contribution in [0.2, 0.25) is 0 Å². The summed E-state index contributed by atoms with van der Waals surface area (Å²) >= 11 is 5.15. The van der Waals surface area contributed by atoms with E-state index in [2.05, 4.69) is 25.9 Å². The summed E-state index contributed by atoms with van der Waals surface area (Å²) in [5.41, 5.74) is 6.99. The van der Waals surface area contributed by atoms with E-state index < -0.39 is 0 Å². The molecule has 3 nitrogen and oxygen atoms in total. The molecule has 1 atom stereocenters. The van der Waals surface area contributed by atoms with E-state index in [0.29, 0.717) is 6.54 Å². The van der Waals surface area contributed by atoms with E-state index in [4.69, 9.17) is 5.73 Å². The van der Waals surface area contributed by atoms with Gasteiger partial charge in [0.25, 0.3) is 0 Å². The van der Waals surface area contributed by atoms with Crippen LogP contribution in [0.25, 0.3) is 0 Å². The van der Waals surface area contributed by atoms with Gasteiger partial charge < -0.3 is 5.73 Å². The van der Waals surface area contributed by atoms with E-state index in [-0.39, 0.29) is 5.25 Å². The average Bonchev–Trinajstić information content (AvgIpc) is 2.39. The lowest BCUT2D eigenvalue weighted by atomic mass is 10.2. The minimum absolute atomic E-state index is 0.198. The molecule has 88 valence electrons. The molecule has 0 radical (unpaired) electrons. The number of nitrogens with zero attached hydrogens (tertiary/aromatic N) is 2. The average molecular weight is 310 g/mol. The fourth-order valence-corrected chi connectivity index (χ4v) is 2.92. The molecule has 1 unspecified atom stereocenters. The lowest BCUT2D eigenvalue weighted by Crippen LogP contribution is -2.09. The first-order chi connectivity index (χ1) is 8.31. The van der Waals surface area contributed by atoms with E-state index in [1.165, 1.54) is 5.56 Å². The number of hydrogen-bond donors (Lipinski definition) is 1. The topological polar surface area (TPSA) is 51.8 Å². The molecule has 2 rings (SSSR count). The van der Waals surface area contributed by atoms with Gasteiger partial charge in [-0.2, -0.15) is 0 Å². The summed E-state index contributed by atoms with van der Waals surface area (Å²) < 4.78 is 0.998. The van der Waals surface area contributed by atoms with Crippen molar-refractivity contribution in [2.24, 2.45) is 5.73 Å². The van der Waals surface area contributed by atoms with Gasteiger partial charge in [0.05, 0.1) is 0 Å². The number of halogens is 1. The van der Waals surface area contributed by atoms with Crippen molar-refractivity contribution >= 4 is 27.7 Å². The number of pyridine rings is 2. The van der Waals surface area contributed by atoms with E-state index >= 15 is 0 Å². The normalized spacial score (nSPS) is 12.4. The first-order valence-electron chi connectivity index (χ1n) is 5.18. The Hall–Kier alpha value is -0.910. The van der Waals surface area contributed by atoms with Crippen LogP contribution in [0, 0.1) is 0 Å². The molecular weight excluding hydrogens is 298 g/mol. The summed E-state index contributed by atoms with van der Waals surface area (Å²) in [5, 5.41) is 1.16. The van der Waals surface area contributed by atoms with Crippen molar-refractivity contribution in [3.05, 3.63) is 52.9 Å². The van der Waals surface area contributed by atoms with Crippen molar-refractivity contribution in [2.45, 2.75) is 10.3 Å². The Kier molecular flexibility index (Phi) is 4.53. The molecule has 5 heteroatoms. The van der Waals surface area contributed by atoms with Crippen LogP contribution in [0.4, 0.5) is 0 Å². The maximum atomic E-state index is 5.82. The van der Waals surface area contributed by atoms with Gasteiger partial charge in [0, 0.05) is 34.9 Å². The summed E-state index contributed by atoms with van der Waals surface area (Å²) in [4.78, 5) is 8.35. The number of nitrogens with two attached hydrogens (primary N) is 1. The first kappa shape index (κ1) is 12.5. The Labute approximate surface area is 113 Å². The van der Waals surface area contributed by atoms with Crippen LogP contribution in [0.15, 0.2) is 52.4 Å². The van der Waals surface area contributed by atoms with Crippen LogP contribution in [0.3, 0.4) is 0 Å². The summed E-state index contributed by atoms with van der Waals surface area (Å²) in [6.45, 7) is 0.567. The van der Waals surface area contributed by atoms with Gasteiger partial charge in [0.1, 0.15) is 5.03 Å². The minimum atomic E-state index is 0.198. The molecule has 0 bridgehead atoms. The molecule has 0 saturated carbocycles. The molecule has 0 amide bonds. The second-order valence-corrected chi connectivity index (χ2v) is 5.46. The smallest absolute Gasteiger partial charge is 0.111 e. The second-order valence-electron chi connectivity index (χ2n) is 3.41. The highest BCUT2D eigenvalue weighted by molar-refractivity contribution is 9.10. The van der Waals surface area contributed by atoms with Crippen LogP contribution in [0.1, 0.15) is 10.8 Å². The fourth-order valence-electron chi connectivity index (χ4n) is 1.42. The minimum Gasteiger partial charge on any atom is -0.329 e. The largest absolute Gasteiger partial charge is 0.329 e. The van der Waals surface area contributed by atoms with Crippen molar-refractivity contribution < 1.29 is 0 Å². The molecule has 0 spiro atoms. The van der Waals surface area contributed by atoms with E-state index in [1.54, 1.807) is 30.4 Å². The molecule has 0 fully saturated rings. The number of hydrogen-bond acceptors (Lipinski definition) is 4. The standard InChI is InChI=1S/C12H12BrN3S/c13-10-2-1-5-16-12(10)17-11(8-14)9-3-6-15-7-4-9/h1-7,11H,8,14H2. The van der Waals surface area contributed by atoms with Crippen molar-refractivity contribution in [1.29, 1.82) is 0 Å². The highest BCUT2D eigenvalue weighted by Crippen LogP contribution is 2.36. The van der Waals surface area contributed by atoms with Gasteiger partial charge in [-0.1, -0.05) is 11.8 Å². The van der Waals surface area contributed by atoms with Crippen molar-refractivity contribution in [1.82, 2.24) is 9.97 Å². The zero-order valence-corrected chi connectivity index (χ0v) is 11.5. The second kappa shape index (κ2) is 6.14. The Balaban J connectivity index is 2.19. The summed E-state index contributed by atoms with van der Waals surface area (Å²) in [6, 6.07) is 7.86. The summed E-state index contributed by atoms with van der Waals surface area (Å²) in [7, 11) is 0. The zero-order chi connectivity index (χ0) is 12.1. The van der Waals surface area contributed by atoms with Crippen molar-refractivity contribution in [2.75, 3.05) is 6.54 Å². The van der Waals surface area contributed by atoms with Crippen LogP contribution < -0.4 is 5.73 Å². The molecule has 0 aliphatic rings. The van der Waals surface area contributed by atoms with Crippen LogP contribution >= 0.6 is 27.7 Å². The van der Waals surface area contributed by atoms with Crippen LogP contribution in [-0.2, 0) is 0 Å². The van der Waals surface area contributed by atoms with Crippen LogP contribution in [0.5, 0.6) is 0 Å². The number of thioether (sulfide) groups is 1. The van der Waals surface area contributed by atoms with E-state index in [0.717, 1.165) is 9.50 Å². The molecule has 0 aliphatic carbocycles. The molecule has 2 heterocycles. The van der Waals surface area contributed by atoms with Gasteiger partial charge in [-0.05, 0) is 45.8 Å². The SMILES string of the molecule is NCC(Sc1ncccc1Br)c1ccncc1. The molecule has 2 N–H and O–H groups in total. The molecule has 0 aromatic carbocycles. The Morgan fingerprint density at radius 2 is 2.00 bits per heavy atom. The number of rotatable bonds is 4. The predicted octanol–water partition coefficient (Wildman–Crippen LogP) is 3.03. The Bertz CT molecular complexity index is 478. The quantitative estimate of drug-likeness (QED) is 0.882. The Morgan fingerprint density at radius 3 is 2.65 bits per heavy atom. The molecule has 0 saturated heterocycles. The van der Waals surface area contributed by atoms with Crippen molar-refractivity contribution in [3.8, 4) is 0 Å². The van der Waals surface area contributed by atoms with E-state index in [9.17, 15) is 0 Å². The van der Waals surface area contributed by atoms with E-state index in [1.807, 2.05) is 24.3 Å². The maximum Gasteiger partial charge on any atom is 0.111 e. The number of aromatic nitrogens is 2. The van der Waals surface area contributed by atoms with Gasteiger partial charge in [0.2, 0.25) is 0 Å². The van der Waals surface area contributed by atoms with Gasteiger partial charge in [-0.15, -0.1) is 0 Å². The monoisotopic (exact) mass is 309 g/mol. The van der Waals surface area contributed by atoms with Crippen molar-refractivity contribution in [3.63, 3.8) is 0 Å². The summed E-state index contributed by atoms with van der Waals surface area (Å²) in [6.07, 6.45) is 5.35. The third-order valence-corrected chi connectivity index (χ3v) is 4.47. The highest BCUT2D eigenvalue weighted by Gasteiger charge is 2.13. The molecule has 2 aromatic heterocycles. The highest BCUT2D eigenvalue weighted by atomic mass is 79.9. The molecular formula is C12H12BrN3S. The Morgan fingerprint density at radius 1 is 1.24 bits per heavy atom. The van der Waals surface area contributed by atoms with Gasteiger partial charge >= 0.3 is 0 Å². The predicted molar refractivity (Wildman–Crippen MR) is 73.8 cm³/mol. The van der Waals surface area contributed by atoms with Gasteiger partial charge in [-0.25, -0.2) is 4.98 Å². The fraction of sp³-hybridized carbons (Fsp3) is 0.167. The van der Waals surface area contributed by atoms with Crippen LogP contribution in [-0.4, -0.2) is 16.5 Å². The maximum absolute atomic E-state index is 5.82. The lowest BCUT2D eigenvalue weighted by Gasteiger charge is -2.14.